The minimum atomic E-state index is -5.00. The van der Waals surface area contributed by atoms with Gasteiger partial charge in [0, 0.05) is 11.8 Å². The number of aromatic amines is 1. The molecule has 106 valence electrons. The van der Waals surface area contributed by atoms with Gasteiger partial charge in [-0.05, 0) is 0 Å². The van der Waals surface area contributed by atoms with E-state index in [0.717, 1.165) is 20.3 Å². The van der Waals surface area contributed by atoms with Gasteiger partial charge in [0.15, 0.2) is 0 Å². The smallest absolute Gasteiger partial charge is 0.488 e. The normalized spacial score (nSPS) is 11.0. The number of carbonyl (C=O) groups excluding carboxylic acids is 1. The van der Waals surface area contributed by atoms with Crippen LogP contribution in [0, 0.1) is 0 Å². The Hall–Kier alpha value is -2.19. The van der Waals surface area contributed by atoms with Gasteiger partial charge in [0.2, 0.25) is 17.1 Å². The predicted octanol–water partition coefficient (Wildman–Crippen LogP) is 0.998. The molecule has 0 fully saturated rings. The van der Waals surface area contributed by atoms with E-state index < -0.39 is 35.8 Å². The van der Waals surface area contributed by atoms with Crippen LogP contribution in [0.4, 0.5) is 13.2 Å². The topological polar surface area (TPSA) is 77.6 Å². The molecule has 1 rings (SSSR count). The highest BCUT2D eigenvalue weighted by Gasteiger charge is 2.33. The lowest BCUT2D eigenvalue weighted by Crippen LogP contribution is -2.21. The highest BCUT2D eigenvalue weighted by Crippen LogP contribution is 2.27. The van der Waals surface area contributed by atoms with E-state index in [1.54, 1.807) is 0 Å². The number of alkyl halides is 3. The summed E-state index contributed by atoms with van der Waals surface area (Å²) < 4.78 is 49.0. The van der Waals surface area contributed by atoms with Crippen molar-refractivity contribution < 1.29 is 32.2 Å². The van der Waals surface area contributed by atoms with Crippen molar-refractivity contribution in [3.63, 3.8) is 0 Å². The molecule has 1 heterocycles. The summed E-state index contributed by atoms with van der Waals surface area (Å²) in [6.45, 7) is 0. The van der Waals surface area contributed by atoms with Gasteiger partial charge in [0.25, 0.3) is 0 Å². The average Bonchev–Trinajstić information content (AvgIpc) is 2.26. The summed E-state index contributed by atoms with van der Waals surface area (Å²) in [5, 5.41) is 0. The Morgan fingerprint density at radius 2 is 2.00 bits per heavy atom. The first-order chi connectivity index (χ1) is 8.76. The summed E-state index contributed by atoms with van der Waals surface area (Å²) in [6, 6.07) is 0.930. The average molecular weight is 281 g/mol. The van der Waals surface area contributed by atoms with Crippen LogP contribution >= 0.6 is 0 Å². The third kappa shape index (κ3) is 4.19. The van der Waals surface area contributed by atoms with Gasteiger partial charge in [0.05, 0.1) is 20.6 Å². The highest BCUT2D eigenvalue weighted by atomic mass is 19.4. The summed E-state index contributed by atoms with van der Waals surface area (Å²) >= 11 is 0. The Morgan fingerprint density at radius 3 is 2.47 bits per heavy atom. The van der Waals surface area contributed by atoms with Crippen molar-refractivity contribution in [3.8, 4) is 11.6 Å². The van der Waals surface area contributed by atoms with Crippen LogP contribution in [0.15, 0.2) is 10.9 Å². The van der Waals surface area contributed by atoms with Gasteiger partial charge < -0.3 is 19.2 Å². The van der Waals surface area contributed by atoms with Crippen molar-refractivity contribution in [2.24, 2.45) is 0 Å². The molecule has 19 heavy (non-hydrogen) atoms. The van der Waals surface area contributed by atoms with Gasteiger partial charge in [-0.3, -0.25) is 9.59 Å². The molecule has 6 nitrogen and oxygen atoms in total. The number of halogens is 3. The second kappa shape index (κ2) is 5.63. The van der Waals surface area contributed by atoms with Crippen molar-refractivity contribution in [2.75, 3.05) is 14.2 Å². The quantitative estimate of drug-likeness (QED) is 0.833. The first-order valence-electron chi connectivity index (χ1n) is 4.89. The third-order valence-electron chi connectivity index (χ3n) is 1.99. The lowest BCUT2D eigenvalue weighted by molar-refractivity contribution is -0.276. The van der Waals surface area contributed by atoms with Gasteiger partial charge in [-0.1, -0.05) is 0 Å². The fourth-order valence-electron chi connectivity index (χ4n) is 1.28. The van der Waals surface area contributed by atoms with Crippen molar-refractivity contribution in [3.05, 3.63) is 22.0 Å². The van der Waals surface area contributed by atoms with E-state index in [4.69, 9.17) is 0 Å². The van der Waals surface area contributed by atoms with Crippen LogP contribution in [0.3, 0.4) is 0 Å². The number of nitrogens with one attached hydrogen (secondary N) is 1. The molecular formula is C10H10F3NO5. The van der Waals surface area contributed by atoms with Gasteiger partial charge in [0.1, 0.15) is 0 Å². The molecule has 1 N–H and O–H groups in total. The molecule has 1 aromatic heterocycles. The van der Waals surface area contributed by atoms with Crippen LogP contribution in [0.25, 0.3) is 0 Å². The summed E-state index contributed by atoms with van der Waals surface area (Å²) in [4.78, 5) is 24.7. The van der Waals surface area contributed by atoms with Crippen LogP contribution in [-0.2, 0) is 16.0 Å². The maximum absolute atomic E-state index is 12.2. The maximum atomic E-state index is 12.2. The monoisotopic (exact) mass is 281 g/mol. The summed E-state index contributed by atoms with van der Waals surface area (Å²) in [7, 11) is 2.13. The molecule has 0 aliphatic carbocycles. The molecule has 9 heteroatoms. The maximum Gasteiger partial charge on any atom is 0.574 e. The molecule has 0 atom stereocenters. The van der Waals surface area contributed by atoms with E-state index in [-0.39, 0.29) is 5.69 Å². The fraction of sp³-hybridized carbons (Fsp3) is 0.400. The molecule has 0 saturated carbocycles. The molecule has 0 amide bonds. The summed E-state index contributed by atoms with van der Waals surface area (Å²) in [5.74, 6) is -2.27. The molecule has 0 spiro atoms. The van der Waals surface area contributed by atoms with Crippen LogP contribution in [0.1, 0.15) is 5.69 Å². The number of carbonyl (C=O) groups is 1. The number of H-pyrrole nitrogens is 1. The number of ether oxygens (including phenoxy) is 3. The van der Waals surface area contributed by atoms with Crippen molar-refractivity contribution in [1.82, 2.24) is 4.98 Å². The summed E-state index contributed by atoms with van der Waals surface area (Å²) in [5.41, 5.74) is -0.934. The van der Waals surface area contributed by atoms with Crippen molar-refractivity contribution in [2.45, 2.75) is 12.8 Å². The van der Waals surface area contributed by atoms with Gasteiger partial charge >= 0.3 is 12.3 Å². The zero-order valence-electron chi connectivity index (χ0n) is 9.96. The molecule has 0 aliphatic heterocycles. The first-order valence-corrected chi connectivity index (χ1v) is 4.89. The number of aromatic nitrogens is 1. The minimum absolute atomic E-state index is 0.0862. The lowest BCUT2D eigenvalue weighted by Gasteiger charge is -2.13. The number of methoxy groups -OCH3 is 2. The van der Waals surface area contributed by atoms with Crippen LogP contribution in [0.2, 0.25) is 0 Å². The lowest BCUT2D eigenvalue weighted by atomic mass is 10.2. The van der Waals surface area contributed by atoms with E-state index >= 15 is 0 Å². The number of esters is 1. The Morgan fingerprint density at radius 1 is 1.37 bits per heavy atom. The second-order valence-corrected chi connectivity index (χ2v) is 3.32. The number of hydrogen-bond donors (Lipinski definition) is 1. The standard InChI is InChI=1S/C10H10F3NO5/c1-17-7(16)4-5-3-6(15)8(18-2)9(14-5)19-10(11,12)13/h3H,4H2,1-2H3,(H,14,15). The van der Waals surface area contributed by atoms with Crippen LogP contribution in [-0.4, -0.2) is 31.5 Å². The minimum Gasteiger partial charge on any atom is -0.488 e. The molecule has 1 aromatic rings. The van der Waals surface area contributed by atoms with Crippen LogP contribution < -0.4 is 14.9 Å². The molecule has 0 radical (unpaired) electrons. The Balaban J connectivity index is 3.18. The van der Waals surface area contributed by atoms with Gasteiger partial charge in [-0.2, -0.15) is 0 Å². The zero-order chi connectivity index (χ0) is 14.6. The number of rotatable bonds is 4. The van der Waals surface area contributed by atoms with Gasteiger partial charge in [-0.15, -0.1) is 13.2 Å². The molecular weight excluding hydrogens is 271 g/mol. The largest absolute Gasteiger partial charge is 0.574 e. The number of pyridine rings is 1. The third-order valence-corrected chi connectivity index (χ3v) is 1.99. The Kier molecular flexibility index (Phi) is 4.41. The highest BCUT2D eigenvalue weighted by molar-refractivity contribution is 5.71. The second-order valence-electron chi connectivity index (χ2n) is 3.32. The first kappa shape index (κ1) is 14.9. The van der Waals surface area contributed by atoms with E-state index in [9.17, 15) is 22.8 Å². The zero-order valence-corrected chi connectivity index (χ0v) is 9.96. The van der Waals surface area contributed by atoms with E-state index in [1.165, 1.54) is 0 Å². The fourth-order valence-corrected chi connectivity index (χ4v) is 1.28. The predicted molar refractivity (Wildman–Crippen MR) is 56.0 cm³/mol. The van der Waals surface area contributed by atoms with Crippen molar-refractivity contribution >= 4 is 5.97 Å². The molecule has 0 aromatic carbocycles. The Labute approximate surface area is 105 Å². The van der Waals surface area contributed by atoms with E-state index in [1.807, 2.05) is 0 Å². The van der Waals surface area contributed by atoms with Gasteiger partial charge in [-0.25, -0.2) is 0 Å². The number of hydrogen-bond acceptors (Lipinski definition) is 5. The van der Waals surface area contributed by atoms with E-state index in [2.05, 4.69) is 19.2 Å². The van der Waals surface area contributed by atoms with E-state index in [0.29, 0.717) is 0 Å². The van der Waals surface area contributed by atoms with Crippen molar-refractivity contribution in [1.29, 1.82) is 0 Å². The molecule has 0 aliphatic rings. The Bertz CT molecular complexity index is 523. The summed E-state index contributed by atoms with van der Waals surface area (Å²) in [6.07, 6.45) is -5.40. The molecule has 0 bridgehead atoms. The molecule has 0 saturated heterocycles. The molecule has 0 unspecified atom stereocenters. The van der Waals surface area contributed by atoms with Crippen LogP contribution in [0.5, 0.6) is 11.6 Å². The SMILES string of the molecule is COC(=O)Cc1cc(=O)c(OC)c(OC(F)(F)F)[nH]1.